The first-order chi connectivity index (χ1) is 5.40. The van der Waals surface area contributed by atoms with Crippen LogP contribution in [0.2, 0.25) is 0 Å². The lowest BCUT2D eigenvalue weighted by Crippen LogP contribution is -2.37. The molecular formula is C9H17NO. The standard InChI is InChI=1S/C9H17NO/c1-10-8-4-5-11-9(6-8)7-2-3-7/h7-10H,2-6H2,1H3. The highest BCUT2D eigenvalue weighted by molar-refractivity contribution is 4.87. The zero-order valence-corrected chi connectivity index (χ0v) is 7.18. The van der Waals surface area contributed by atoms with Gasteiger partial charge in [-0.05, 0) is 38.6 Å². The molecule has 2 fully saturated rings. The van der Waals surface area contributed by atoms with Crippen LogP contribution in [-0.2, 0) is 4.74 Å². The Kier molecular flexibility index (Phi) is 2.14. The maximum atomic E-state index is 5.69. The van der Waals surface area contributed by atoms with Crippen molar-refractivity contribution in [1.29, 1.82) is 0 Å². The average Bonchev–Trinajstić information content (AvgIpc) is 2.87. The molecule has 2 aliphatic rings. The van der Waals surface area contributed by atoms with Crippen LogP contribution in [0.3, 0.4) is 0 Å². The van der Waals surface area contributed by atoms with Gasteiger partial charge >= 0.3 is 0 Å². The lowest BCUT2D eigenvalue weighted by atomic mass is 10.0. The van der Waals surface area contributed by atoms with E-state index < -0.39 is 0 Å². The zero-order chi connectivity index (χ0) is 7.68. The quantitative estimate of drug-likeness (QED) is 0.646. The van der Waals surface area contributed by atoms with Crippen LogP contribution in [0.1, 0.15) is 25.7 Å². The summed E-state index contributed by atoms with van der Waals surface area (Å²) in [6.45, 7) is 0.965. The van der Waals surface area contributed by atoms with Gasteiger partial charge in [-0.25, -0.2) is 0 Å². The molecule has 0 aromatic rings. The van der Waals surface area contributed by atoms with Gasteiger partial charge in [0.2, 0.25) is 0 Å². The molecule has 2 heteroatoms. The SMILES string of the molecule is CNC1CCOC(C2CC2)C1. The number of hydrogen-bond acceptors (Lipinski definition) is 2. The minimum atomic E-state index is 0.584. The minimum Gasteiger partial charge on any atom is -0.378 e. The fourth-order valence-corrected chi connectivity index (χ4v) is 1.89. The summed E-state index contributed by atoms with van der Waals surface area (Å²) in [5.41, 5.74) is 0. The van der Waals surface area contributed by atoms with Crippen LogP contribution in [0.15, 0.2) is 0 Å². The smallest absolute Gasteiger partial charge is 0.0618 e. The van der Waals surface area contributed by atoms with Gasteiger partial charge in [0.05, 0.1) is 6.10 Å². The van der Waals surface area contributed by atoms with Gasteiger partial charge in [0, 0.05) is 12.6 Å². The van der Waals surface area contributed by atoms with Crippen LogP contribution < -0.4 is 5.32 Å². The normalized spacial score (nSPS) is 39.0. The molecule has 0 aromatic heterocycles. The average molecular weight is 155 g/mol. The van der Waals surface area contributed by atoms with Crippen molar-refractivity contribution in [2.24, 2.45) is 5.92 Å². The Morgan fingerprint density at radius 2 is 2.09 bits per heavy atom. The van der Waals surface area contributed by atoms with E-state index in [1.54, 1.807) is 0 Å². The van der Waals surface area contributed by atoms with Crippen LogP contribution in [-0.4, -0.2) is 25.8 Å². The van der Waals surface area contributed by atoms with E-state index in [0.717, 1.165) is 12.5 Å². The first-order valence-corrected chi connectivity index (χ1v) is 4.69. The summed E-state index contributed by atoms with van der Waals surface area (Å²) in [6.07, 6.45) is 5.82. The van der Waals surface area contributed by atoms with E-state index in [1.807, 2.05) is 0 Å². The van der Waals surface area contributed by atoms with Gasteiger partial charge in [-0.3, -0.25) is 0 Å². The van der Waals surface area contributed by atoms with Crippen molar-refractivity contribution in [2.45, 2.75) is 37.8 Å². The summed E-state index contributed by atoms with van der Waals surface area (Å²) in [4.78, 5) is 0. The van der Waals surface area contributed by atoms with Gasteiger partial charge in [-0.2, -0.15) is 0 Å². The second-order valence-corrected chi connectivity index (χ2v) is 3.76. The van der Waals surface area contributed by atoms with Crippen molar-refractivity contribution < 1.29 is 4.74 Å². The molecule has 0 aromatic carbocycles. The summed E-state index contributed by atoms with van der Waals surface area (Å²) in [6, 6.07) is 0.717. The van der Waals surface area contributed by atoms with E-state index >= 15 is 0 Å². The zero-order valence-electron chi connectivity index (χ0n) is 7.18. The second kappa shape index (κ2) is 3.11. The Labute approximate surface area is 68.3 Å². The molecule has 2 atom stereocenters. The van der Waals surface area contributed by atoms with Gasteiger partial charge in [0.1, 0.15) is 0 Å². The predicted molar refractivity (Wildman–Crippen MR) is 44.5 cm³/mol. The highest BCUT2D eigenvalue weighted by Gasteiger charge is 2.35. The third-order valence-corrected chi connectivity index (χ3v) is 2.87. The first-order valence-electron chi connectivity index (χ1n) is 4.69. The first kappa shape index (κ1) is 7.56. The molecule has 2 nitrogen and oxygen atoms in total. The van der Waals surface area contributed by atoms with E-state index in [-0.39, 0.29) is 0 Å². The van der Waals surface area contributed by atoms with Crippen LogP contribution in [0.25, 0.3) is 0 Å². The van der Waals surface area contributed by atoms with E-state index in [0.29, 0.717) is 12.1 Å². The maximum Gasteiger partial charge on any atom is 0.0618 e. The van der Waals surface area contributed by atoms with Gasteiger partial charge in [0.15, 0.2) is 0 Å². The lowest BCUT2D eigenvalue weighted by molar-refractivity contribution is -0.00984. The molecule has 1 aliphatic carbocycles. The molecule has 0 bridgehead atoms. The predicted octanol–water partition coefficient (Wildman–Crippen LogP) is 1.16. The van der Waals surface area contributed by atoms with Gasteiger partial charge < -0.3 is 10.1 Å². The fourth-order valence-electron chi connectivity index (χ4n) is 1.89. The Morgan fingerprint density at radius 1 is 1.27 bits per heavy atom. The van der Waals surface area contributed by atoms with Gasteiger partial charge in [-0.15, -0.1) is 0 Å². The van der Waals surface area contributed by atoms with Crippen molar-refractivity contribution in [1.82, 2.24) is 5.32 Å². The highest BCUT2D eigenvalue weighted by atomic mass is 16.5. The van der Waals surface area contributed by atoms with Gasteiger partial charge in [0.25, 0.3) is 0 Å². The summed E-state index contributed by atoms with van der Waals surface area (Å²) < 4.78 is 5.69. The summed E-state index contributed by atoms with van der Waals surface area (Å²) in [5.74, 6) is 0.908. The van der Waals surface area contributed by atoms with Crippen molar-refractivity contribution in [3.8, 4) is 0 Å². The molecule has 0 radical (unpaired) electrons. The van der Waals surface area contributed by atoms with Crippen molar-refractivity contribution in [3.05, 3.63) is 0 Å². The summed E-state index contributed by atoms with van der Waals surface area (Å²) >= 11 is 0. The van der Waals surface area contributed by atoms with Crippen LogP contribution >= 0.6 is 0 Å². The van der Waals surface area contributed by atoms with Gasteiger partial charge in [-0.1, -0.05) is 0 Å². The number of nitrogens with one attached hydrogen (secondary N) is 1. The fraction of sp³-hybridized carbons (Fsp3) is 1.00. The summed E-state index contributed by atoms with van der Waals surface area (Å²) in [7, 11) is 2.06. The maximum absolute atomic E-state index is 5.69. The Bertz CT molecular complexity index is 134. The Balaban J connectivity index is 1.82. The monoisotopic (exact) mass is 155 g/mol. The Hall–Kier alpha value is -0.0800. The molecular weight excluding hydrogens is 138 g/mol. The highest BCUT2D eigenvalue weighted by Crippen LogP contribution is 2.37. The molecule has 1 heterocycles. The molecule has 2 rings (SSSR count). The summed E-state index contributed by atoms with van der Waals surface area (Å²) in [5, 5.41) is 3.34. The van der Waals surface area contributed by atoms with E-state index in [2.05, 4.69) is 12.4 Å². The molecule has 0 spiro atoms. The van der Waals surface area contributed by atoms with Crippen molar-refractivity contribution in [3.63, 3.8) is 0 Å². The molecule has 1 N–H and O–H groups in total. The molecule has 1 saturated carbocycles. The molecule has 0 amide bonds. The van der Waals surface area contributed by atoms with Crippen molar-refractivity contribution in [2.75, 3.05) is 13.7 Å². The largest absolute Gasteiger partial charge is 0.378 e. The van der Waals surface area contributed by atoms with Crippen LogP contribution in [0.5, 0.6) is 0 Å². The molecule has 2 unspecified atom stereocenters. The lowest BCUT2D eigenvalue weighted by Gasteiger charge is -2.29. The van der Waals surface area contributed by atoms with E-state index in [9.17, 15) is 0 Å². The molecule has 64 valence electrons. The number of rotatable bonds is 2. The topological polar surface area (TPSA) is 21.3 Å². The minimum absolute atomic E-state index is 0.584. The van der Waals surface area contributed by atoms with Crippen molar-refractivity contribution >= 4 is 0 Å². The third-order valence-electron chi connectivity index (χ3n) is 2.87. The molecule has 1 aliphatic heterocycles. The van der Waals surface area contributed by atoms with Crippen LogP contribution in [0, 0.1) is 5.92 Å². The number of ether oxygens (including phenoxy) is 1. The number of hydrogen-bond donors (Lipinski definition) is 1. The Morgan fingerprint density at radius 3 is 2.73 bits per heavy atom. The second-order valence-electron chi connectivity index (χ2n) is 3.76. The third kappa shape index (κ3) is 1.74. The molecule has 1 saturated heterocycles. The van der Waals surface area contributed by atoms with E-state index in [1.165, 1.54) is 25.7 Å². The van der Waals surface area contributed by atoms with Crippen LogP contribution in [0.4, 0.5) is 0 Å². The molecule has 11 heavy (non-hydrogen) atoms. The van der Waals surface area contributed by atoms with E-state index in [4.69, 9.17) is 4.74 Å².